The molecule has 1 aliphatic rings. The molecule has 8 nitrogen and oxygen atoms in total. The minimum Gasteiger partial charge on any atom is -0.497 e. The second-order valence-corrected chi connectivity index (χ2v) is 8.68. The first-order valence-electron chi connectivity index (χ1n) is 11.3. The molecule has 3 aromatic carbocycles. The highest BCUT2D eigenvalue weighted by Crippen LogP contribution is 2.41. The van der Waals surface area contributed by atoms with Crippen LogP contribution in [0.25, 0.3) is 11.0 Å². The fourth-order valence-electron chi connectivity index (χ4n) is 4.51. The number of benzene rings is 3. The van der Waals surface area contributed by atoms with Gasteiger partial charge >= 0.3 is 0 Å². The van der Waals surface area contributed by atoms with Crippen LogP contribution >= 0.6 is 11.6 Å². The number of rotatable bonds is 6. The van der Waals surface area contributed by atoms with Gasteiger partial charge in [0.2, 0.25) is 5.95 Å². The van der Waals surface area contributed by atoms with Crippen molar-refractivity contribution in [3.8, 4) is 17.2 Å². The predicted molar refractivity (Wildman–Crippen MR) is 140 cm³/mol. The molecule has 0 unspecified atom stereocenters. The van der Waals surface area contributed by atoms with Crippen molar-refractivity contribution in [2.75, 3.05) is 32.0 Å². The maximum absolute atomic E-state index is 13.9. The van der Waals surface area contributed by atoms with E-state index in [4.69, 9.17) is 30.8 Å². The third-order valence-corrected chi connectivity index (χ3v) is 6.52. The summed E-state index contributed by atoms with van der Waals surface area (Å²) in [5.74, 6) is 1.94. The highest BCUT2D eigenvalue weighted by atomic mass is 35.5. The number of ether oxygens (including phenoxy) is 3. The Morgan fingerprint density at radius 1 is 1.00 bits per heavy atom. The van der Waals surface area contributed by atoms with Crippen LogP contribution in [-0.2, 0) is 4.79 Å². The van der Waals surface area contributed by atoms with E-state index in [2.05, 4.69) is 10.6 Å². The third-order valence-electron chi connectivity index (χ3n) is 6.23. The zero-order chi connectivity index (χ0) is 25.4. The average Bonchev–Trinajstić information content (AvgIpc) is 3.26. The van der Waals surface area contributed by atoms with Crippen LogP contribution in [0, 0.1) is 0 Å². The molecule has 1 atom stereocenters. The number of halogens is 1. The number of hydrogen-bond donors (Lipinski definition) is 2. The zero-order valence-corrected chi connectivity index (χ0v) is 21.0. The Labute approximate surface area is 213 Å². The standard InChI is InChI=1S/C27H25ClN4O4/c1-15-24(26(33)30-20-14-22(35-3)18(28)13-23(20)36-4)25(16-9-11-17(34-2)12-10-16)32-21-8-6-5-7-19(21)31-27(32)29-15/h5-14,25H,1-4H3,(H,29,31)(H,30,33)/t25-/m0/s1. The fourth-order valence-corrected chi connectivity index (χ4v) is 4.74. The smallest absolute Gasteiger partial charge is 0.255 e. The highest BCUT2D eigenvalue weighted by molar-refractivity contribution is 6.32. The number of nitrogens with one attached hydrogen (secondary N) is 2. The summed E-state index contributed by atoms with van der Waals surface area (Å²) in [5.41, 5.74) is 4.31. The van der Waals surface area contributed by atoms with Gasteiger partial charge in [0.25, 0.3) is 5.91 Å². The Morgan fingerprint density at radius 2 is 1.72 bits per heavy atom. The molecular weight excluding hydrogens is 480 g/mol. The molecule has 0 radical (unpaired) electrons. The van der Waals surface area contributed by atoms with Crippen molar-refractivity contribution >= 4 is 40.2 Å². The Bertz CT molecular complexity index is 1490. The maximum Gasteiger partial charge on any atom is 0.255 e. The lowest BCUT2D eigenvalue weighted by atomic mass is 9.94. The summed E-state index contributed by atoms with van der Waals surface area (Å²) in [7, 11) is 4.66. The lowest BCUT2D eigenvalue weighted by molar-refractivity contribution is -0.113. The summed E-state index contributed by atoms with van der Waals surface area (Å²) in [6.07, 6.45) is 0. The van der Waals surface area contributed by atoms with E-state index < -0.39 is 6.04 Å². The van der Waals surface area contributed by atoms with Gasteiger partial charge in [0, 0.05) is 17.8 Å². The number of fused-ring (bicyclic) bond motifs is 3. The normalized spacial score (nSPS) is 14.8. The van der Waals surface area contributed by atoms with Gasteiger partial charge in [0.15, 0.2) is 0 Å². The molecule has 2 N–H and O–H groups in total. The van der Waals surface area contributed by atoms with Crippen molar-refractivity contribution in [3.63, 3.8) is 0 Å². The monoisotopic (exact) mass is 504 g/mol. The summed E-state index contributed by atoms with van der Waals surface area (Å²) in [6, 6.07) is 18.3. The molecule has 0 saturated carbocycles. The molecule has 0 fully saturated rings. The molecule has 184 valence electrons. The van der Waals surface area contributed by atoms with Gasteiger partial charge in [-0.2, -0.15) is 0 Å². The maximum atomic E-state index is 13.9. The summed E-state index contributed by atoms with van der Waals surface area (Å²) in [6.45, 7) is 1.87. The van der Waals surface area contributed by atoms with Gasteiger partial charge in [0.05, 0.1) is 54.7 Å². The SMILES string of the molecule is COc1ccc([C@H]2C(C(=O)Nc3cc(OC)c(Cl)cc3OC)=C(C)Nc3nc4ccccc4n32)cc1. The van der Waals surface area contributed by atoms with Crippen molar-refractivity contribution in [1.29, 1.82) is 0 Å². The lowest BCUT2D eigenvalue weighted by Crippen LogP contribution is -2.31. The molecule has 2 heterocycles. The Kier molecular flexibility index (Phi) is 6.20. The van der Waals surface area contributed by atoms with Crippen LogP contribution in [0.1, 0.15) is 18.5 Å². The number of amides is 1. The number of carbonyl (C=O) groups is 1. The van der Waals surface area contributed by atoms with E-state index in [1.165, 1.54) is 14.2 Å². The van der Waals surface area contributed by atoms with E-state index in [0.29, 0.717) is 39.4 Å². The zero-order valence-electron chi connectivity index (χ0n) is 20.3. The van der Waals surface area contributed by atoms with Crippen molar-refractivity contribution in [3.05, 3.63) is 82.5 Å². The van der Waals surface area contributed by atoms with E-state index in [0.717, 1.165) is 22.3 Å². The van der Waals surface area contributed by atoms with Gasteiger partial charge in [-0.3, -0.25) is 9.36 Å². The quantitative estimate of drug-likeness (QED) is 0.353. The van der Waals surface area contributed by atoms with Crippen LogP contribution < -0.4 is 24.8 Å². The molecule has 4 aromatic rings. The average molecular weight is 505 g/mol. The molecule has 0 saturated heterocycles. The predicted octanol–water partition coefficient (Wildman–Crippen LogP) is 5.64. The van der Waals surface area contributed by atoms with E-state index >= 15 is 0 Å². The number of carbonyl (C=O) groups excluding carboxylic acids is 1. The van der Waals surface area contributed by atoms with Crippen LogP contribution in [0.5, 0.6) is 17.2 Å². The van der Waals surface area contributed by atoms with Gasteiger partial charge in [-0.05, 0) is 36.8 Å². The summed E-state index contributed by atoms with van der Waals surface area (Å²) >= 11 is 6.26. The largest absolute Gasteiger partial charge is 0.497 e. The van der Waals surface area contributed by atoms with Gasteiger partial charge in [-0.1, -0.05) is 35.9 Å². The number of aromatic nitrogens is 2. The van der Waals surface area contributed by atoms with Crippen LogP contribution in [0.3, 0.4) is 0 Å². The number of anilines is 2. The molecule has 5 rings (SSSR count). The van der Waals surface area contributed by atoms with Crippen molar-refractivity contribution in [1.82, 2.24) is 9.55 Å². The first-order chi connectivity index (χ1) is 17.4. The van der Waals surface area contributed by atoms with Crippen molar-refractivity contribution in [2.24, 2.45) is 0 Å². The second-order valence-electron chi connectivity index (χ2n) is 8.27. The van der Waals surface area contributed by atoms with E-state index in [1.54, 1.807) is 19.2 Å². The number of imidazole rings is 1. The molecule has 1 aliphatic heterocycles. The van der Waals surface area contributed by atoms with E-state index in [-0.39, 0.29) is 5.91 Å². The van der Waals surface area contributed by atoms with Gasteiger partial charge < -0.3 is 24.8 Å². The molecule has 36 heavy (non-hydrogen) atoms. The third kappa shape index (κ3) is 3.99. The molecule has 0 aliphatic carbocycles. The van der Waals surface area contributed by atoms with Crippen molar-refractivity contribution in [2.45, 2.75) is 13.0 Å². The lowest BCUT2D eigenvalue weighted by Gasteiger charge is -2.31. The van der Waals surface area contributed by atoms with Crippen LogP contribution in [0.15, 0.2) is 71.9 Å². The number of nitrogens with zero attached hydrogens (tertiary/aromatic N) is 2. The molecule has 1 amide bonds. The minimum absolute atomic E-state index is 0.299. The summed E-state index contributed by atoms with van der Waals surface area (Å²) in [4.78, 5) is 18.7. The van der Waals surface area contributed by atoms with E-state index in [9.17, 15) is 4.79 Å². The Hall–Kier alpha value is -4.17. The molecule has 1 aromatic heterocycles. The summed E-state index contributed by atoms with van der Waals surface area (Å²) < 4.78 is 18.2. The molecule has 0 spiro atoms. The van der Waals surface area contributed by atoms with Crippen LogP contribution in [0.2, 0.25) is 5.02 Å². The number of hydrogen-bond acceptors (Lipinski definition) is 6. The molecule has 0 bridgehead atoms. The fraction of sp³-hybridized carbons (Fsp3) is 0.185. The van der Waals surface area contributed by atoms with Crippen LogP contribution in [-0.4, -0.2) is 36.8 Å². The Balaban J connectivity index is 1.64. The topological polar surface area (TPSA) is 86.6 Å². The minimum atomic E-state index is -0.445. The van der Waals surface area contributed by atoms with Gasteiger partial charge in [-0.15, -0.1) is 0 Å². The Morgan fingerprint density at radius 3 is 2.42 bits per heavy atom. The van der Waals surface area contributed by atoms with Crippen molar-refractivity contribution < 1.29 is 19.0 Å². The first-order valence-corrected chi connectivity index (χ1v) is 11.6. The highest BCUT2D eigenvalue weighted by Gasteiger charge is 2.34. The molecular formula is C27H25ClN4O4. The second kappa shape index (κ2) is 9.47. The first kappa shape index (κ1) is 23.6. The van der Waals surface area contributed by atoms with Gasteiger partial charge in [0.1, 0.15) is 17.2 Å². The number of para-hydroxylation sites is 2. The van der Waals surface area contributed by atoms with Crippen LogP contribution in [0.4, 0.5) is 11.6 Å². The number of methoxy groups -OCH3 is 3. The van der Waals surface area contributed by atoms with E-state index in [1.807, 2.05) is 60.0 Å². The summed E-state index contributed by atoms with van der Waals surface area (Å²) in [5, 5.41) is 6.70. The van der Waals surface area contributed by atoms with Gasteiger partial charge in [-0.25, -0.2) is 4.98 Å². The number of allylic oxidation sites excluding steroid dienone is 1. The molecule has 9 heteroatoms.